The highest BCUT2D eigenvalue weighted by Crippen LogP contribution is 2.25. The minimum absolute atomic E-state index is 0.166. The molecule has 0 bridgehead atoms. The average Bonchev–Trinajstić information content (AvgIpc) is 2.94. The molecule has 0 saturated carbocycles. The van der Waals surface area contributed by atoms with Crippen LogP contribution in [0.15, 0.2) is 30.6 Å². The Kier molecular flexibility index (Phi) is 2.63. The Bertz CT molecular complexity index is 826. The summed E-state index contributed by atoms with van der Waals surface area (Å²) in [5.74, 6) is 1.42. The summed E-state index contributed by atoms with van der Waals surface area (Å²) in [4.78, 5) is 10.7. The maximum atomic E-state index is 13.3. The van der Waals surface area contributed by atoms with Gasteiger partial charge in [0, 0.05) is 24.8 Å². The third-order valence-electron chi connectivity index (χ3n) is 3.87. The number of halogens is 1. The highest BCUT2D eigenvalue weighted by atomic mass is 19.1. The van der Waals surface area contributed by atoms with Crippen LogP contribution >= 0.6 is 0 Å². The van der Waals surface area contributed by atoms with E-state index in [1.807, 2.05) is 19.1 Å². The second-order valence-electron chi connectivity index (χ2n) is 5.31. The van der Waals surface area contributed by atoms with Crippen molar-refractivity contribution in [1.29, 1.82) is 0 Å². The van der Waals surface area contributed by atoms with Crippen molar-refractivity contribution in [2.75, 3.05) is 11.4 Å². The van der Waals surface area contributed by atoms with Crippen LogP contribution in [0.5, 0.6) is 0 Å². The van der Waals surface area contributed by atoms with Crippen molar-refractivity contribution in [2.24, 2.45) is 0 Å². The Hall–Kier alpha value is -2.50. The standard InChI is InChI=1S/C15H14FN5/c1-10-6-14(21-15(19-10)17-9-18-21)20-5-4-11-7-13(16)3-2-12(11)8-20/h2-3,6-7,9H,4-5,8H2,1H3. The molecule has 0 N–H and O–H groups in total. The lowest BCUT2D eigenvalue weighted by Crippen LogP contribution is -2.32. The van der Waals surface area contributed by atoms with Crippen molar-refractivity contribution in [3.63, 3.8) is 0 Å². The molecule has 4 rings (SSSR count). The Morgan fingerprint density at radius 2 is 2.10 bits per heavy atom. The third kappa shape index (κ3) is 2.03. The zero-order valence-corrected chi connectivity index (χ0v) is 11.6. The summed E-state index contributed by atoms with van der Waals surface area (Å²) >= 11 is 0. The van der Waals surface area contributed by atoms with Crippen molar-refractivity contribution in [1.82, 2.24) is 19.6 Å². The van der Waals surface area contributed by atoms with E-state index in [4.69, 9.17) is 0 Å². The number of hydrogen-bond donors (Lipinski definition) is 0. The van der Waals surface area contributed by atoms with Crippen molar-refractivity contribution in [2.45, 2.75) is 19.9 Å². The van der Waals surface area contributed by atoms with Crippen LogP contribution in [0.25, 0.3) is 5.78 Å². The van der Waals surface area contributed by atoms with Gasteiger partial charge in [-0.2, -0.15) is 14.6 Å². The fourth-order valence-electron chi connectivity index (χ4n) is 2.85. The second kappa shape index (κ2) is 4.51. The smallest absolute Gasteiger partial charge is 0.254 e. The first kappa shape index (κ1) is 12.3. The van der Waals surface area contributed by atoms with Gasteiger partial charge in [-0.05, 0) is 36.6 Å². The predicted octanol–water partition coefficient (Wildman–Crippen LogP) is 2.13. The van der Waals surface area contributed by atoms with E-state index in [1.165, 1.54) is 12.4 Å². The van der Waals surface area contributed by atoms with Crippen LogP contribution in [-0.2, 0) is 13.0 Å². The normalized spacial score (nSPS) is 14.5. The van der Waals surface area contributed by atoms with Gasteiger partial charge in [0.1, 0.15) is 18.0 Å². The largest absolute Gasteiger partial charge is 0.352 e. The van der Waals surface area contributed by atoms with E-state index in [0.29, 0.717) is 5.78 Å². The molecule has 106 valence electrons. The number of benzene rings is 1. The van der Waals surface area contributed by atoms with Crippen LogP contribution in [0.3, 0.4) is 0 Å². The molecule has 0 amide bonds. The Morgan fingerprint density at radius 1 is 1.19 bits per heavy atom. The van der Waals surface area contributed by atoms with Gasteiger partial charge in [-0.15, -0.1) is 0 Å². The lowest BCUT2D eigenvalue weighted by molar-refractivity contribution is 0.618. The van der Waals surface area contributed by atoms with E-state index in [-0.39, 0.29) is 5.82 Å². The van der Waals surface area contributed by atoms with Gasteiger partial charge in [-0.3, -0.25) is 0 Å². The van der Waals surface area contributed by atoms with Crippen molar-refractivity contribution >= 4 is 11.6 Å². The number of aryl methyl sites for hydroxylation is 1. The molecule has 3 aromatic rings. The van der Waals surface area contributed by atoms with E-state index in [1.54, 1.807) is 10.6 Å². The first-order valence-corrected chi connectivity index (χ1v) is 6.90. The zero-order valence-electron chi connectivity index (χ0n) is 11.6. The number of rotatable bonds is 1. The number of anilines is 1. The van der Waals surface area contributed by atoms with Crippen LogP contribution in [0.1, 0.15) is 16.8 Å². The SMILES string of the molecule is Cc1cc(N2CCc3cc(F)ccc3C2)n2ncnc2n1. The minimum atomic E-state index is -0.166. The fourth-order valence-corrected chi connectivity index (χ4v) is 2.85. The molecule has 0 radical (unpaired) electrons. The van der Waals surface area contributed by atoms with Crippen molar-refractivity contribution in [3.8, 4) is 0 Å². The molecular weight excluding hydrogens is 269 g/mol. The van der Waals surface area contributed by atoms with E-state index in [0.717, 1.165) is 42.1 Å². The molecule has 21 heavy (non-hydrogen) atoms. The molecule has 1 aliphatic heterocycles. The molecule has 0 unspecified atom stereocenters. The van der Waals surface area contributed by atoms with Gasteiger partial charge in [0.15, 0.2) is 0 Å². The molecule has 3 heterocycles. The zero-order chi connectivity index (χ0) is 14.4. The summed E-state index contributed by atoms with van der Waals surface area (Å²) < 4.78 is 15.0. The Morgan fingerprint density at radius 3 is 3.00 bits per heavy atom. The minimum Gasteiger partial charge on any atom is -0.352 e. The molecule has 0 fully saturated rings. The molecule has 6 heteroatoms. The lowest BCUT2D eigenvalue weighted by atomic mass is 9.99. The predicted molar refractivity (Wildman–Crippen MR) is 76.7 cm³/mol. The number of hydrogen-bond acceptors (Lipinski definition) is 4. The van der Waals surface area contributed by atoms with E-state index in [2.05, 4.69) is 20.0 Å². The molecule has 0 aliphatic carbocycles. The Labute approximate surface area is 121 Å². The average molecular weight is 283 g/mol. The van der Waals surface area contributed by atoms with Gasteiger partial charge in [0.05, 0.1) is 0 Å². The van der Waals surface area contributed by atoms with Crippen molar-refractivity contribution in [3.05, 3.63) is 53.2 Å². The van der Waals surface area contributed by atoms with E-state index in [9.17, 15) is 4.39 Å². The topological polar surface area (TPSA) is 46.3 Å². The molecule has 1 aromatic carbocycles. The summed E-state index contributed by atoms with van der Waals surface area (Å²) in [7, 11) is 0. The van der Waals surface area contributed by atoms with Crippen LogP contribution in [-0.4, -0.2) is 26.1 Å². The van der Waals surface area contributed by atoms with Crippen LogP contribution < -0.4 is 4.90 Å². The summed E-state index contributed by atoms with van der Waals surface area (Å²) in [5.41, 5.74) is 3.16. The van der Waals surface area contributed by atoms with Gasteiger partial charge < -0.3 is 4.90 Å². The molecular formula is C15H14FN5. The quantitative estimate of drug-likeness (QED) is 0.686. The lowest BCUT2D eigenvalue weighted by Gasteiger charge is -2.30. The van der Waals surface area contributed by atoms with Gasteiger partial charge in [-0.25, -0.2) is 9.37 Å². The molecule has 0 spiro atoms. The highest BCUT2D eigenvalue weighted by molar-refractivity contribution is 5.49. The number of aromatic nitrogens is 4. The summed E-state index contributed by atoms with van der Waals surface area (Å²) in [5, 5.41) is 4.25. The summed E-state index contributed by atoms with van der Waals surface area (Å²) in [6.07, 6.45) is 2.34. The maximum absolute atomic E-state index is 13.3. The van der Waals surface area contributed by atoms with E-state index >= 15 is 0 Å². The fraction of sp³-hybridized carbons (Fsp3) is 0.267. The molecule has 0 saturated heterocycles. The first-order chi connectivity index (χ1) is 10.2. The highest BCUT2D eigenvalue weighted by Gasteiger charge is 2.20. The van der Waals surface area contributed by atoms with Gasteiger partial charge in [-0.1, -0.05) is 6.07 Å². The number of nitrogens with zero attached hydrogens (tertiary/aromatic N) is 5. The van der Waals surface area contributed by atoms with Crippen LogP contribution in [0, 0.1) is 12.7 Å². The van der Waals surface area contributed by atoms with Gasteiger partial charge >= 0.3 is 0 Å². The van der Waals surface area contributed by atoms with E-state index < -0.39 is 0 Å². The molecule has 0 atom stereocenters. The Balaban J connectivity index is 1.77. The summed E-state index contributed by atoms with van der Waals surface area (Å²) in [6.45, 7) is 3.52. The monoisotopic (exact) mass is 283 g/mol. The molecule has 2 aromatic heterocycles. The van der Waals surface area contributed by atoms with Gasteiger partial charge in [0.2, 0.25) is 0 Å². The second-order valence-corrected chi connectivity index (χ2v) is 5.31. The number of fused-ring (bicyclic) bond motifs is 2. The maximum Gasteiger partial charge on any atom is 0.254 e. The van der Waals surface area contributed by atoms with Crippen LogP contribution in [0.2, 0.25) is 0 Å². The third-order valence-corrected chi connectivity index (χ3v) is 3.87. The molecule has 5 nitrogen and oxygen atoms in total. The van der Waals surface area contributed by atoms with Gasteiger partial charge in [0.25, 0.3) is 5.78 Å². The summed E-state index contributed by atoms with van der Waals surface area (Å²) in [6, 6.07) is 7.03. The van der Waals surface area contributed by atoms with Crippen molar-refractivity contribution < 1.29 is 4.39 Å². The van der Waals surface area contributed by atoms with Crippen LogP contribution in [0.4, 0.5) is 10.2 Å². The first-order valence-electron chi connectivity index (χ1n) is 6.90. The molecule has 1 aliphatic rings.